The molecule has 0 amide bonds. The first-order chi connectivity index (χ1) is 7.27. The van der Waals surface area contributed by atoms with E-state index in [-0.39, 0.29) is 6.04 Å². The zero-order chi connectivity index (χ0) is 10.7. The number of nitrogens with zero attached hydrogens (tertiary/aromatic N) is 1. The third kappa shape index (κ3) is 2.46. The molecule has 0 saturated heterocycles. The Labute approximate surface area is 93.2 Å². The predicted octanol–water partition coefficient (Wildman–Crippen LogP) is 2.90. The molecule has 0 bridgehead atoms. The van der Waals surface area contributed by atoms with Crippen LogP contribution in [0.15, 0.2) is 28.5 Å². The van der Waals surface area contributed by atoms with Crippen LogP contribution in [0.5, 0.6) is 0 Å². The highest BCUT2D eigenvalue weighted by Crippen LogP contribution is 2.18. The van der Waals surface area contributed by atoms with Gasteiger partial charge in [-0.05, 0) is 25.5 Å². The lowest BCUT2D eigenvalue weighted by Gasteiger charge is -2.11. The number of hydrogen-bond donors (Lipinski definition) is 1. The van der Waals surface area contributed by atoms with Crippen molar-refractivity contribution in [1.29, 1.82) is 0 Å². The van der Waals surface area contributed by atoms with Gasteiger partial charge in [0.1, 0.15) is 5.76 Å². The molecular weight excluding hydrogens is 208 g/mol. The third-order valence-electron chi connectivity index (χ3n) is 2.36. The van der Waals surface area contributed by atoms with Crippen LogP contribution in [0.2, 0.25) is 0 Å². The van der Waals surface area contributed by atoms with Gasteiger partial charge in [0.15, 0.2) is 0 Å². The van der Waals surface area contributed by atoms with Gasteiger partial charge < -0.3 is 9.73 Å². The maximum atomic E-state index is 5.42. The summed E-state index contributed by atoms with van der Waals surface area (Å²) in [6.07, 6.45) is 3.62. The molecule has 2 aromatic rings. The molecule has 2 aromatic heterocycles. The number of aromatic nitrogens is 1. The Morgan fingerprint density at radius 3 is 3.07 bits per heavy atom. The van der Waals surface area contributed by atoms with Crippen LogP contribution < -0.4 is 5.32 Å². The topological polar surface area (TPSA) is 38.1 Å². The van der Waals surface area contributed by atoms with Crippen LogP contribution in [0.1, 0.15) is 29.2 Å². The van der Waals surface area contributed by atoms with Crippen LogP contribution in [0, 0.1) is 6.92 Å². The lowest BCUT2D eigenvalue weighted by molar-refractivity contribution is 0.428. The van der Waals surface area contributed by atoms with E-state index in [1.54, 1.807) is 17.6 Å². The highest BCUT2D eigenvalue weighted by molar-refractivity contribution is 7.09. The quantitative estimate of drug-likeness (QED) is 0.864. The Morgan fingerprint density at radius 1 is 1.60 bits per heavy atom. The minimum atomic E-state index is 0.238. The van der Waals surface area contributed by atoms with Gasteiger partial charge in [-0.1, -0.05) is 0 Å². The van der Waals surface area contributed by atoms with Crippen LogP contribution in [-0.2, 0) is 6.54 Å². The zero-order valence-electron chi connectivity index (χ0n) is 8.86. The molecule has 0 aliphatic heterocycles. The maximum Gasteiger partial charge on any atom is 0.123 e. The molecule has 0 spiro atoms. The Bertz CT molecular complexity index is 408. The fraction of sp³-hybridized carbons (Fsp3) is 0.364. The summed E-state index contributed by atoms with van der Waals surface area (Å²) >= 11 is 1.66. The molecular formula is C11H14N2OS. The van der Waals surface area contributed by atoms with Crippen molar-refractivity contribution >= 4 is 11.3 Å². The molecule has 0 aliphatic carbocycles. The fourth-order valence-electron chi connectivity index (χ4n) is 1.50. The molecule has 0 fully saturated rings. The van der Waals surface area contributed by atoms with Gasteiger partial charge >= 0.3 is 0 Å². The first-order valence-electron chi connectivity index (χ1n) is 4.92. The first kappa shape index (κ1) is 10.4. The van der Waals surface area contributed by atoms with E-state index in [1.807, 2.05) is 17.8 Å². The van der Waals surface area contributed by atoms with E-state index in [0.717, 1.165) is 12.3 Å². The van der Waals surface area contributed by atoms with Gasteiger partial charge in [-0.25, -0.2) is 0 Å². The SMILES string of the molecule is Cc1ccoc1C(C)NCc1cncs1. The van der Waals surface area contributed by atoms with Gasteiger partial charge in [0.05, 0.1) is 17.8 Å². The van der Waals surface area contributed by atoms with Crippen molar-refractivity contribution in [1.82, 2.24) is 10.3 Å². The van der Waals surface area contributed by atoms with E-state index in [9.17, 15) is 0 Å². The molecule has 2 rings (SSSR count). The van der Waals surface area contributed by atoms with Gasteiger partial charge in [0.2, 0.25) is 0 Å². The molecule has 1 unspecified atom stereocenters. The van der Waals surface area contributed by atoms with Crippen molar-refractivity contribution in [3.05, 3.63) is 40.2 Å². The number of rotatable bonds is 4. The van der Waals surface area contributed by atoms with Gasteiger partial charge in [0, 0.05) is 17.6 Å². The number of furan rings is 1. The number of nitrogens with one attached hydrogen (secondary N) is 1. The van der Waals surface area contributed by atoms with Crippen LogP contribution in [0.25, 0.3) is 0 Å². The largest absolute Gasteiger partial charge is 0.467 e. The number of aryl methyl sites for hydroxylation is 1. The summed E-state index contributed by atoms with van der Waals surface area (Å²) in [6, 6.07) is 2.22. The minimum Gasteiger partial charge on any atom is -0.467 e. The Hall–Kier alpha value is -1.13. The molecule has 1 N–H and O–H groups in total. The van der Waals surface area contributed by atoms with Crippen LogP contribution in [-0.4, -0.2) is 4.98 Å². The second kappa shape index (κ2) is 4.59. The average Bonchev–Trinajstić information content (AvgIpc) is 2.84. The summed E-state index contributed by atoms with van der Waals surface area (Å²) in [5, 5.41) is 3.40. The van der Waals surface area contributed by atoms with Crippen LogP contribution in [0.3, 0.4) is 0 Å². The molecule has 0 aliphatic rings. The standard InChI is InChI=1S/C11H14N2OS/c1-8-3-4-14-11(8)9(2)13-6-10-5-12-7-15-10/h3-5,7,9,13H,6H2,1-2H3. The van der Waals surface area contributed by atoms with Crippen molar-refractivity contribution in [2.75, 3.05) is 0 Å². The molecule has 2 heterocycles. The van der Waals surface area contributed by atoms with Crippen molar-refractivity contribution in [3.8, 4) is 0 Å². The molecule has 3 nitrogen and oxygen atoms in total. The maximum absolute atomic E-state index is 5.42. The summed E-state index contributed by atoms with van der Waals surface area (Å²) in [7, 11) is 0. The zero-order valence-corrected chi connectivity index (χ0v) is 9.67. The number of thiazole rings is 1. The third-order valence-corrected chi connectivity index (χ3v) is 3.14. The second-order valence-electron chi connectivity index (χ2n) is 3.54. The minimum absolute atomic E-state index is 0.238. The summed E-state index contributed by atoms with van der Waals surface area (Å²) in [6.45, 7) is 5.00. The van der Waals surface area contributed by atoms with Gasteiger partial charge in [-0.3, -0.25) is 4.98 Å². The summed E-state index contributed by atoms with van der Waals surface area (Å²) < 4.78 is 5.42. The summed E-state index contributed by atoms with van der Waals surface area (Å²) in [5.41, 5.74) is 3.04. The van der Waals surface area contributed by atoms with Gasteiger partial charge in [0.25, 0.3) is 0 Å². The highest BCUT2D eigenvalue weighted by atomic mass is 32.1. The molecule has 0 aromatic carbocycles. The Morgan fingerprint density at radius 2 is 2.47 bits per heavy atom. The average molecular weight is 222 g/mol. The molecule has 4 heteroatoms. The molecule has 0 saturated carbocycles. The van der Waals surface area contributed by atoms with Gasteiger partial charge in [-0.15, -0.1) is 11.3 Å². The molecule has 0 radical (unpaired) electrons. The predicted molar refractivity (Wildman–Crippen MR) is 60.8 cm³/mol. The number of hydrogen-bond acceptors (Lipinski definition) is 4. The van der Waals surface area contributed by atoms with E-state index < -0.39 is 0 Å². The van der Waals surface area contributed by atoms with E-state index in [0.29, 0.717) is 0 Å². The lowest BCUT2D eigenvalue weighted by atomic mass is 10.2. The second-order valence-corrected chi connectivity index (χ2v) is 4.51. The Balaban J connectivity index is 1.93. The van der Waals surface area contributed by atoms with Crippen LogP contribution >= 0.6 is 11.3 Å². The first-order valence-corrected chi connectivity index (χ1v) is 5.80. The van der Waals surface area contributed by atoms with E-state index in [1.165, 1.54) is 10.4 Å². The summed E-state index contributed by atoms with van der Waals surface area (Å²) in [5.74, 6) is 1.01. The van der Waals surface area contributed by atoms with E-state index in [2.05, 4.69) is 24.1 Å². The summed E-state index contributed by atoms with van der Waals surface area (Å²) in [4.78, 5) is 5.28. The lowest BCUT2D eigenvalue weighted by Crippen LogP contribution is -2.17. The molecule has 1 atom stereocenters. The monoisotopic (exact) mass is 222 g/mol. The fourth-order valence-corrected chi connectivity index (χ4v) is 2.05. The van der Waals surface area contributed by atoms with E-state index >= 15 is 0 Å². The Kier molecular flexibility index (Phi) is 3.18. The van der Waals surface area contributed by atoms with E-state index in [4.69, 9.17) is 4.42 Å². The smallest absolute Gasteiger partial charge is 0.123 e. The van der Waals surface area contributed by atoms with Crippen molar-refractivity contribution in [3.63, 3.8) is 0 Å². The van der Waals surface area contributed by atoms with Crippen molar-refractivity contribution in [2.45, 2.75) is 26.4 Å². The normalized spacial score (nSPS) is 12.9. The molecule has 80 valence electrons. The van der Waals surface area contributed by atoms with Crippen molar-refractivity contribution < 1.29 is 4.42 Å². The molecule has 15 heavy (non-hydrogen) atoms. The highest BCUT2D eigenvalue weighted by Gasteiger charge is 2.11. The van der Waals surface area contributed by atoms with Crippen LogP contribution in [0.4, 0.5) is 0 Å². The van der Waals surface area contributed by atoms with Crippen molar-refractivity contribution in [2.24, 2.45) is 0 Å². The van der Waals surface area contributed by atoms with Gasteiger partial charge in [-0.2, -0.15) is 0 Å².